The van der Waals surface area contributed by atoms with Gasteiger partial charge in [0.2, 0.25) is 10.0 Å². The molecule has 14 heavy (non-hydrogen) atoms. The number of hydrogen-bond donors (Lipinski definition) is 1. The second kappa shape index (κ2) is 5.48. The summed E-state index contributed by atoms with van der Waals surface area (Å²) in [6.07, 6.45) is 1.70. The molecule has 0 aliphatic heterocycles. The number of ether oxygens (including phenoxy) is 1. The van der Waals surface area contributed by atoms with Crippen molar-refractivity contribution < 1.29 is 13.2 Å². The molecule has 0 bridgehead atoms. The van der Waals surface area contributed by atoms with Crippen LogP contribution in [0.4, 0.5) is 0 Å². The summed E-state index contributed by atoms with van der Waals surface area (Å²) in [6, 6.07) is 0. The average Bonchev–Trinajstić information content (AvgIpc) is 2.00. The van der Waals surface area contributed by atoms with Gasteiger partial charge in [0.15, 0.2) is 0 Å². The summed E-state index contributed by atoms with van der Waals surface area (Å²) >= 11 is 0. The van der Waals surface area contributed by atoms with Crippen molar-refractivity contribution in [2.45, 2.75) is 31.6 Å². The SMILES string of the molecule is C=CC[C@@H](OC)[C@@H](C(C)C)S(N)(=O)=O. The van der Waals surface area contributed by atoms with Crippen LogP contribution in [0.1, 0.15) is 20.3 Å². The summed E-state index contributed by atoms with van der Waals surface area (Å²) in [5, 5.41) is 4.47. The quantitative estimate of drug-likeness (QED) is 0.677. The largest absolute Gasteiger partial charge is 0.380 e. The molecule has 0 aromatic heterocycles. The van der Waals surface area contributed by atoms with Crippen molar-refractivity contribution in [3.63, 3.8) is 0 Å². The van der Waals surface area contributed by atoms with E-state index in [1.807, 2.05) is 13.8 Å². The first-order valence-electron chi connectivity index (χ1n) is 4.49. The minimum Gasteiger partial charge on any atom is -0.380 e. The van der Waals surface area contributed by atoms with E-state index < -0.39 is 21.4 Å². The highest BCUT2D eigenvalue weighted by atomic mass is 32.2. The lowest BCUT2D eigenvalue weighted by Gasteiger charge is -2.26. The van der Waals surface area contributed by atoms with E-state index in [-0.39, 0.29) is 5.92 Å². The molecular formula is C9H19NO3S. The van der Waals surface area contributed by atoms with Gasteiger partial charge < -0.3 is 4.74 Å². The fourth-order valence-electron chi connectivity index (χ4n) is 1.55. The molecule has 5 heteroatoms. The van der Waals surface area contributed by atoms with E-state index in [1.54, 1.807) is 6.08 Å². The summed E-state index contributed by atoms with van der Waals surface area (Å²) in [4.78, 5) is 0. The molecule has 0 radical (unpaired) electrons. The maximum Gasteiger partial charge on any atom is 0.214 e. The molecule has 0 aromatic rings. The number of hydrogen-bond acceptors (Lipinski definition) is 3. The molecule has 2 atom stereocenters. The van der Waals surface area contributed by atoms with E-state index in [0.29, 0.717) is 6.42 Å². The van der Waals surface area contributed by atoms with Gasteiger partial charge in [0.05, 0.1) is 6.10 Å². The molecule has 0 unspecified atom stereocenters. The molecule has 0 saturated carbocycles. The molecule has 0 spiro atoms. The van der Waals surface area contributed by atoms with Crippen LogP contribution in [0.3, 0.4) is 0 Å². The second-order valence-corrected chi connectivity index (χ2v) is 5.32. The van der Waals surface area contributed by atoms with Crippen molar-refractivity contribution in [3.05, 3.63) is 12.7 Å². The van der Waals surface area contributed by atoms with Crippen molar-refractivity contribution in [1.29, 1.82) is 0 Å². The zero-order chi connectivity index (χ0) is 11.4. The number of rotatable bonds is 6. The Balaban J connectivity index is 4.88. The third kappa shape index (κ3) is 3.77. The summed E-state index contributed by atoms with van der Waals surface area (Å²) in [5.74, 6) is -0.0742. The first-order valence-corrected chi connectivity index (χ1v) is 6.10. The number of sulfonamides is 1. The number of methoxy groups -OCH3 is 1. The molecular weight excluding hydrogens is 202 g/mol. The molecule has 0 rings (SSSR count). The van der Waals surface area contributed by atoms with Crippen LogP contribution in [0.15, 0.2) is 12.7 Å². The predicted octanol–water partition coefficient (Wildman–Crippen LogP) is 0.891. The third-order valence-corrected chi connectivity index (χ3v) is 3.71. The lowest BCUT2D eigenvalue weighted by Crippen LogP contribution is -2.43. The highest BCUT2D eigenvalue weighted by molar-refractivity contribution is 7.89. The highest BCUT2D eigenvalue weighted by Crippen LogP contribution is 2.18. The second-order valence-electron chi connectivity index (χ2n) is 3.60. The molecule has 2 N–H and O–H groups in total. The Kier molecular flexibility index (Phi) is 5.33. The van der Waals surface area contributed by atoms with Crippen LogP contribution in [0.25, 0.3) is 0 Å². The van der Waals surface area contributed by atoms with Crippen molar-refractivity contribution in [2.24, 2.45) is 11.1 Å². The zero-order valence-corrected chi connectivity index (χ0v) is 9.75. The first-order chi connectivity index (χ1) is 6.34. The van der Waals surface area contributed by atoms with E-state index in [0.717, 1.165) is 0 Å². The van der Waals surface area contributed by atoms with E-state index in [4.69, 9.17) is 9.88 Å². The van der Waals surface area contributed by atoms with Crippen LogP contribution in [0.2, 0.25) is 0 Å². The third-order valence-electron chi connectivity index (χ3n) is 2.10. The normalized spacial score (nSPS) is 16.6. The number of primary sulfonamides is 1. The van der Waals surface area contributed by atoms with Gasteiger partial charge >= 0.3 is 0 Å². The molecule has 84 valence electrons. The van der Waals surface area contributed by atoms with Gasteiger partial charge in [-0.15, -0.1) is 6.58 Å². The summed E-state index contributed by atoms with van der Waals surface area (Å²) in [5.41, 5.74) is 0. The van der Waals surface area contributed by atoms with E-state index in [2.05, 4.69) is 6.58 Å². The summed E-state index contributed by atoms with van der Waals surface area (Å²) in [6.45, 7) is 7.18. The zero-order valence-electron chi connectivity index (χ0n) is 8.93. The minimum atomic E-state index is -3.57. The molecule has 0 amide bonds. The van der Waals surface area contributed by atoms with E-state index >= 15 is 0 Å². The molecule has 0 heterocycles. The molecule has 0 aliphatic carbocycles. The van der Waals surface area contributed by atoms with Gasteiger partial charge in [-0.25, -0.2) is 13.6 Å². The number of nitrogens with two attached hydrogens (primary N) is 1. The van der Waals surface area contributed by atoms with Gasteiger partial charge in [0, 0.05) is 7.11 Å². The predicted molar refractivity (Wildman–Crippen MR) is 57.3 cm³/mol. The van der Waals surface area contributed by atoms with Crippen LogP contribution in [-0.4, -0.2) is 26.9 Å². The Morgan fingerprint density at radius 2 is 2.00 bits per heavy atom. The topological polar surface area (TPSA) is 69.4 Å². The van der Waals surface area contributed by atoms with Gasteiger partial charge in [0.1, 0.15) is 5.25 Å². The lowest BCUT2D eigenvalue weighted by atomic mass is 10.0. The summed E-state index contributed by atoms with van der Waals surface area (Å²) < 4.78 is 27.7. The first kappa shape index (κ1) is 13.6. The Bertz CT molecular complexity index is 272. The van der Waals surface area contributed by atoms with E-state index in [9.17, 15) is 8.42 Å². The van der Waals surface area contributed by atoms with Gasteiger partial charge in [-0.05, 0) is 12.3 Å². The van der Waals surface area contributed by atoms with Crippen molar-refractivity contribution >= 4 is 10.0 Å². The van der Waals surface area contributed by atoms with Gasteiger partial charge in [-0.1, -0.05) is 19.9 Å². The monoisotopic (exact) mass is 221 g/mol. The van der Waals surface area contributed by atoms with Crippen LogP contribution < -0.4 is 5.14 Å². The average molecular weight is 221 g/mol. The molecule has 0 saturated heterocycles. The van der Waals surface area contributed by atoms with Gasteiger partial charge in [-0.3, -0.25) is 0 Å². The Hall–Kier alpha value is -0.390. The highest BCUT2D eigenvalue weighted by Gasteiger charge is 2.33. The Labute approximate surface area is 86.2 Å². The van der Waals surface area contributed by atoms with Crippen LogP contribution >= 0.6 is 0 Å². The molecule has 0 fully saturated rings. The standard InChI is InChI=1S/C9H19NO3S/c1-5-6-8(13-4)9(7(2)3)14(10,11)12/h5,7-9H,1,6H2,2-4H3,(H2,10,11,12)/t8-,9-/m1/s1. The van der Waals surface area contributed by atoms with E-state index in [1.165, 1.54) is 7.11 Å². The van der Waals surface area contributed by atoms with Crippen molar-refractivity contribution in [2.75, 3.05) is 7.11 Å². The Morgan fingerprint density at radius 1 is 1.50 bits per heavy atom. The fourth-order valence-corrected chi connectivity index (χ4v) is 2.95. The fraction of sp³-hybridized carbons (Fsp3) is 0.778. The Morgan fingerprint density at radius 3 is 2.21 bits per heavy atom. The minimum absolute atomic E-state index is 0.0742. The maximum absolute atomic E-state index is 11.3. The van der Waals surface area contributed by atoms with Crippen LogP contribution in [-0.2, 0) is 14.8 Å². The molecule has 0 aliphatic rings. The van der Waals surface area contributed by atoms with Crippen LogP contribution in [0, 0.1) is 5.92 Å². The smallest absolute Gasteiger partial charge is 0.214 e. The van der Waals surface area contributed by atoms with Gasteiger partial charge in [0.25, 0.3) is 0 Å². The molecule has 4 nitrogen and oxygen atoms in total. The van der Waals surface area contributed by atoms with Gasteiger partial charge in [-0.2, -0.15) is 0 Å². The lowest BCUT2D eigenvalue weighted by molar-refractivity contribution is 0.0899. The maximum atomic E-state index is 11.3. The van der Waals surface area contributed by atoms with Crippen LogP contribution in [0.5, 0.6) is 0 Å². The molecule has 0 aromatic carbocycles. The summed E-state index contributed by atoms with van der Waals surface area (Å²) in [7, 11) is -2.09. The van der Waals surface area contributed by atoms with Crippen molar-refractivity contribution in [3.8, 4) is 0 Å². The van der Waals surface area contributed by atoms with Crippen molar-refractivity contribution in [1.82, 2.24) is 0 Å².